The zero-order valence-corrected chi connectivity index (χ0v) is 19.6. The molecule has 5 rings (SSSR count). The molecule has 2 aliphatic rings. The second-order valence-corrected chi connectivity index (χ2v) is 10.4. The minimum Gasteiger partial charge on any atom is -0.307 e. The second kappa shape index (κ2) is 8.80. The maximum Gasteiger partial charge on any atom is 0.0678 e. The van der Waals surface area contributed by atoms with Crippen molar-refractivity contribution >= 4 is 0 Å². The van der Waals surface area contributed by atoms with E-state index in [0.717, 1.165) is 32.5 Å². The summed E-state index contributed by atoms with van der Waals surface area (Å²) in [5.74, 6) is 0. The van der Waals surface area contributed by atoms with E-state index in [2.05, 4.69) is 77.2 Å². The number of rotatable bonds is 5. The van der Waals surface area contributed by atoms with E-state index in [1.54, 1.807) is 0 Å². The first-order chi connectivity index (χ1) is 15.5. The lowest BCUT2D eigenvalue weighted by molar-refractivity contribution is 0.168. The van der Waals surface area contributed by atoms with E-state index in [0.29, 0.717) is 12.1 Å². The van der Waals surface area contributed by atoms with Crippen molar-refractivity contribution in [2.24, 2.45) is 5.41 Å². The average Bonchev–Trinajstić information content (AvgIpc) is 3.19. The fourth-order valence-electron chi connectivity index (χ4n) is 5.49. The van der Waals surface area contributed by atoms with Gasteiger partial charge in [-0.05, 0) is 74.4 Å². The molecule has 0 spiro atoms. The monoisotopic (exact) mass is 429 g/mol. The molecule has 3 aromatic rings. The molecular formula is C27H35N5. The van der Waals surface area contributed by atoms with E-state index in [4.69, 9.17) is 5.10 Å². The van der Waals surface area contributed by atoms with E-state index in [9.17, 15) is 0 Å². The van der Waals surface area contributed by atoms with Crippen LogP contribution in [0.25, 0.3) is 5.69 Å². The van der Waals surface area contributed by atoms with Gasteiger partial charge in [-0.3, -0.25) is 9.88 Å². The van der Waals surface area contributed by atoms with Crippen LogP contribution in [-0.2, 0) is 13.0 Å². The number of para-hydroxylation sites is 1. The van der Waals surface area contributed by atoms with Gasteiger partial charge in [0.1, 0.15) is 0 Å². The molecule has 5 heteroatoms. The van der Waals surface area contributed by atoms with Gasteiger partial charge < -0.3 is 5.32 Å². The van der Waals surface area contributed by atoms with Crippen molar-refractivity contribution in [2.75, 3.05) is 13.1 Å². The fourth-order valence-corrected chi connectivity index (χ4v) is 5.49. The smallest absolute Gasteiger partial charge is 0.0678 e. The molecule has 0 radical (unpaired) electrons. The zero-order chi connectivity index (χ0) is 22.1. The molecule has 1 aromatic carbocycles. The Balaban J connectivity index is 1.29. The quantitative estimate of drug-likeness (QED) is 0.630. The van der Waals surface area contributed by atoms with Crippen molar-refractivity contribution in [1.82, 2.24) is 25.0 Å². The third-order valence-electron chi connectivity index (χ3n) is 7.18. The highest BCUT2D eigenvalue weighted by molar-refractivity contribution is 5.43. The van der Waals surface area contributed by atoms with Gasteiger partial charge in [-0.15, -0.1) is 0 Å². The van der Waals surface area contributed by atoms with Gasteiger partial charge in [-0.1, -0.05) is 38.1 Å². The van der Waals surface area contributed by atoms with Gasteiger partial charge in [0.2, 0.25) is 0 Å². The molecule has 3 heterocycles. The molecule has 0 saturated carbocycles. The number of fused-ring (bicyclic) bond motifs is 1. The van der Waals surface area contributed by atoms with Crippen molar-refractivity contribution in [3.63, 3.8) is 0 Å². The summed E-state index contributed by atoms with van der Waals surface area (Å²) in [5.41, 5.74) is 6.81. The Morgan fingerprint density at radius 2 is 1.88 bits per heavy atom. The number of nitrogens with zero attached hydrogens (tertiary/aromatic N) is 4. The number of hydrogen-bond acceptors (Lipinski definition) is 4. The summed E-state index contributed by atoms with van der Waals surface area (Å²) in [4.78, 5) is 6.82. The third kappa shape index (κ3) is 4.50. The SMILES string of the molecule is Cc1ccccc1-n1ncc2c1CC(C)(C)CC2NC1CCN(Cc2cccnc2)CC1. The van der Waals surface area contributed by atoms with Gasteiger partial charge in [0.25, 0.3) is 0 Å². The Kier molecular flexibility index (Phi) is 5.87. The third-order valence-corrected chi connectivity index (χ3v) is 7.18. The molecule has 32 heavy (non-hydrogen) atoms. The molecule has 1 saturated heterocycles. The van der Waals surface area contributed by atoms with Crippen molar-refractivity contribution < 1.29 is 0 Å². The number of aromatic nitrogens is 3. The predicted octanol–water partition coefficient (Wildman–Crippen LogP) is 4.84. The molecule has 0 bridgehead atoms. The van der Waals surface area contributed by atoms with Crippen LogP contribution in [0.2, 0.25) is 0 Å². The number of aryl methyl sites for hydroxylation is 1. The number of benzene rings is 1. The first-order valence-corrected chi connectivity index (χ1v) is 12.0. The van der Waals surface area contributed by atoms with Crippen molar-refractivity contribution in [1.29, 1.82) is 0 Å². The summed E-state index contributed by atoms with van der Waals surface area (Å²) >= 11 is 0. The highest BCUT2D eigenvalue weighted by Crippen LogP contribution is 2.42. The number of piperidine rings is 1. The average molecular weight is 430 g/mol. The molecule has 1 aliphatic carbocycles. The van der Waals surface area contributed by atoms with Crippen LogP contribution >= 0.6 is 0 Å². The molecule has 1 aliphatic heterocycles. The lowest BCUT2D eigenvalue weighted by Gasteiger charge is -2.40. The molecule has 1 N–H and O–H groups in total. The van der Waals surface area contributed by atoms with Gasteiger partial charge in [-0.25, -0.2) is 4.68 Å². The van der Waals surface area contributed by atoms with Crippen LogP contribution in [0, 0.1) is 12.3 Å². The molecule has 5 nitrogen and oxygen atoms in total. The zero-order valence-electron chi connectivity index (χ0n) is 19.6. The maximum atomic E-state index is 4.86. The van der Waals surface area contributed by atoms with Crippen LogP contribution in [0.4, 0.5) is 0 Å². The van der Waals surface area contributed by atoms with E-state index in [-0.39, 0.29) is 5.41 Å². The van der Waals surface area contributed by atoms with Gasteiger partial charge in [-0.2, -0.15) is 5.10 Å². The molecule has 1 unspecified atom stereocenters. The summed E-state index contributed by atoms with van der Waals surface area (Å²) in [6.07, 6.45) is 10.6. The van der Waals surface area contributed by atoms with Crippen molar-refractivity contribution in [2.45, 2.75) is 65.1 Å². The van der Waals surface area contributed by atoms with Crippen LogP contribution < -0.4 is 5.32 Å². The van der Waals surface area contributed by atoms with Crippen LogP contribution in [0.1, 0.15) is 61.5 Å². The molecular weight excluding hydrogens is 394 g/mol. The van der Waals surface area contributed by atoms with Crippen molar-refractivity contribution in [3.8, 4) is 5.69 Å². The fraction of sp³-hybridized carbons (Fsp3) is 0.481. The topological polar surface area (TPSA) is 46.0 Å². The normalized spacial score (nSPS) is 21.4. The van der Waals surface area contributed by atoms with Crippen LogP contribution in [0.5, 0.6) is 0 Å². The maximum absolute atomic E-state index is 4.86. The Labute approximate surface area is 191 Å². The number of pyridine rings is 1. The number of nitrogens with one attached hydrogen (secondary N) is 1. The van der Waals surface area contributed by atoms with E-state index < -0.39 is 0 Å². The summed E-state index contributed by atoms with van der Waals surface area (Å²) in [6.45, 7) is 10.2. The molecule has 168 valence electrons. The highest BCUT2D eigenvalue weighted by atomic mass is 15.3. The Hall–Kier alpha value is -2.50. The van der Waals surface area contributed by atoms with Gasteiger partial charge in [0, 0.05) is 42.3 Å². The predicted molar refractivity (Wildman–Crippen MR) is 129 cm³/mol. The van der Waals surface area contributed by atoms with E-state index >= 15 is 0 Å². The number of likely N-dealkylation sites (tertiary alicyclic amines) is 1. The minimum absolute atomic E-state index is 0.256. The summed E-state index contributed by atoms with van der Waals surface area (Å²) in [7, 11) is 0. The van der Waals surface area contributed by atoms with Crippen LogP contribution in [0.15, 0.2) is 55.0 Å². The Morgan fingerprint density at radius 3 is 2.62 bits per heavy atom. The summed E-state index contributed by atoms with van der Waals surface area (Å²) in [6, 6.07) is 13.7. The van der Waals surface area contributed by atoms with Gasteiger partial charge in [0.05, 0.1) is 11.9 Å². The Morgan fingerprint density at radius 1 is 1.06 bits per heavy atom. The van der Waals surface area contributed by atoms with Gasteiger partial charge >= 0.3 is 0 Å². The van der Waals surface area contributed by atoms with Crippen LogP contribution in [0.3, 0.4) is 0 Å². The first-order valence-electron chi connectivity index (χ1n) is 12.0. The Bertz CT molecular complexity index is 1050. The van der Waals surface area contributed by atoms with Gasteiger partial charge in [0.15, 0.2) is 0 Å². The lowest BCUT2D eigenvalue weighted by Crippen LogP contribution is -2.45. The standard InChI is InChI=1S/C27H35N5/c1-20-7-4-5-9-25(20)32-26-16-27(2,3)15-24(23(26)18-29-32)30-22-10-13-31(14-11-22)19-21-8-6-12-28-17-21/h4-9,12,17-18,22,24,30H,10-11,13-16,19H2,1-3H3. The summed E-state index contributed by atoms with van der Waals surface area (Å²) in [5, 5.41) is 8.90. The summed E-state index contributed by atoms with van der Waals surface area (Å²) < 4.78 is 2.19. The molecule has 1 atom stereocenters. The lowest BCUT2D eigenvalue weighted by atomic mass is 9.74. The highest BCUT2D eigenvalue weighted by Gasteiger charge is 2.36. The van der Waals surface area contributed by atoms with Crippen LogP contribution in [-0.4, -0.2) is 38.8 Å². The molecule has 0 amide bonds. The largest absolute Gasteiger partial charge is 0.307 e. The first kappa shape index (κ1) is 21.4. The van der Waals surface area contributed by atoms with E-state index in [1.165, 1.54) is 40.9 Å². The number of hydrogen-bond donors (Lipinski definition) is 1. The molecule has 1 fully saturated rings. The van der Waals surface area contributed by atoms with E-state index in [1.807, 2.05) is 18.5 Å². The second-order valence-electron chi connectivity index (χ2n) is 10.4. The molecule has 2 aromatic heterocycles. The minimum atomic E-state index is 0.256. The van der Waals surface area contributed by atoms with Crippen molar-refractivity contribution in [3.05, 3.63) is 77.4 Å².